The lowest BCUT2D eigenvalue weighted by Gasteiger charge is -2.27. The van der Waals surface area contributed by atoms with Crippen LogP contribution in [0.1, 0.15) is 64.7 Å². The zero-order chi connectivity index (χ0) is 19.6. The molecule has 0 bridgehead atoms. The molecule has 0 saturated heterocycles. The molecule has 0 radical (unpaired) electrons. The summed E-state index contributed by atoms with van der Waals surface area (Å²) in [6.07, 6.45) is 3.53. The fourth-order valence-electron chi connectivity index (χ4n) is 3.43. The second-order valence-corrected chi connectivity index (χ2v) is 6.98. The molecule has 1 aliphatic carbocycles. The maximum Gasteiger partial charge on any atom is 0.355 e. The van der Waals surface area contributed by atoms with Crippen LogP contribution in [-0.4, -0.2) is 28.3 Å². The van der Waals surface area contributed by atoms with Crippen LogP contribution in [0.25, 0.3) is 0 Å². The number of ketones is 1. The summed E-state index contributed by atoms with van der Waals surface area (Å²) in [6, 6.07) is 9.50. The predicted octanol–water partition coefficient (Wildman–Crippen LogP) is 2.97. The Bertz CT molecular complexity index is 884. The van der Waals surface area contributed by atoms with Crippen LogP contribution in [0, 0.1) is 0 Å². The van der Waals surface area contributed by atoms with E-state index >= 15 is 0 Å². The van der Waals surface area contributed by atoms with E-state index < -0.39 is 12.1 Å². The minimum atomic E-state index is -0.928. The van der Waals surface area contributed by atoms with E-state index in [0.717, 1.165) is 24.8 Å². The molecule has 2 atom stereocenters. The molecule has 3 rings (SSSR count). The van der Waals surface area contributed by atoms with E-state index in [0.29, 0.717) is 5.56 Å². The number of rotatable bonds is 5. The highest BCUT2D eigenvalue weighted by molar-refractivity contribution is 5.98. The van der Waals surface area contributed by atoms with Crippen LogP contribution in [0.2, 0.25) is 0 Å². The fraction of sp³-hybridized carbons (Fsp3) is 0.381. The Kier molecular flexibility index (Phi) is 5.44. The fourth-order valence-corrected chi connectivity index (χ4v) is 3.43. The Labute approximate surface area is 158 Å². The number of amides is 1. The third-order valence-corrected chi connectivity index (χ3v) is 4.96. The van der Waals surface area contributed by atoms with Crippen LogP contribution in [-0.2, 0) is 23.0 Å². The van der Waals surface area contributed by atoms with Gasteiger partial charge >= 0.3 is 5.97 Å². The molecule has 1 N–H and O–H groups in total. The van der Waals surface area contributed by atoms with Gasteiger partial charge in [0.2, 0.25) is 0 Å². The standard InChI is InChI=1S/C21H24N2O4/c1-13(24)16-11-19(23(3)12-16)21(26)27-14(2)20(25)22-18-10-6-8-15-7-4-5-9-17(15)18/h4-5,7,9,11-12,14,18H,6,8,10H2,1-3H3,(H,22,25)/t14-,18+/m1/s1. The van der Waals surface area contributed by atoms with Gasteiger partial charge in [0, 0.05) is 18.8 Å². The number of hydrogen-bond acceptors (Lipinski definition) is 4. The van der Waals surface area contributed by atoms with Gasteiger partial charge < -0.3 is 14.6 Å². The largest absolute Gasteiger partial charge is 0.448 e. The van der Waals surface area contributed by atoms with E-state index in [1.807, 2.05) is 18.2 Å². The number of nitrogens with one attached hydrogen (secondary N) is 1. The molecule has 1 heterocycles. The number of aryl methyl sites for hydroxylation is 2. The van der Waals surface area contributed by atoms with Gasteiger partial charge in [-0.3, -0.25) is 9.59 Å². The zero-order valence-electron chi connectivity index (χ0n) is 15.8. The van der Waals surface area contributed by atoms with Crippen molar-refractivity contribution in [2.45, 2.75) is 45.3 Å². The molecule has 0 spiro atoms. The first-order valence-electron chi connectivity index (χ1n) is 9.13. The quantitative estimate of drug-likeness (QED) is 0.650. The van der Waals surface area contributed by atoms with E-state index in [1.165, 1.54) is 23.1 Å². The summed E-state index contributed by atoms with van der Waals surface area (Å²) in [5, 5.41) is 2.99. The normalized spacial score (nSPS) is 16.9. The third kappa shape index (κ3) is 4.10. The van der Waals surface area contributed by atoms with Gasteiger partial charge in [-0.15, -0.1) is 0 Å². The molecule has 0 unspecified atom stereocenters. The predicted molar refractivity (Wildman–Crippen MR) is 101 cm³/mol. The second kappa shape index (κ2) is 7.78. The molecule has 1 aromatic heterocycles. The van der Waals surface area contributed by atoms with Crippen molar-refractivity contribution < 1.29 is 19.1 Å². The Morgan fingerprint density at radius 1 is 1.26 bits per heavy atom. The molecule has 27 heavy (non-hydrogen) atoms. The molecule has 0 aliphatic heterocycles. The number of carbonyl (C=O) groups excluding carboxylic acids is 3. The van der Waals surface area contributed by atoms with Crippen molar-refractivity contribution in [2.75, 3.05) is 0 Å². The lowest BCUT2D eigenvalue weighted by atomic mass is 9.87. The molecule has 6 nitrogen and oxygen atoms in total. The number of nitrogens with zero attached hydrogens (tertiary/aromatic N) is 1. The number of fused-ring (bicyclic) bond motifs is 1. The van der Waals surface area contributed by atoms with Crippen molar-refractivity contribution in [3.63, 3.8) is 0 Å². The average molecular weight is 368 g/mol. The van der Waals surface area contributed by atoms with Gasteiger partial charge in [0.15, 0.2) is 11.9 Å². The lowest BCUT2D eigenvalue weighted by molar-refractivity contribution is -0.130. The highest BCUT2D eigenvalue weighted by atomic mass is 16.5. The molecular weight excluding hydrogens is 344 g/mol. The van der Waals surface area contributed by atoms with Crippen molar-refractivity contribution in [3.05, 3.63) is 58.9 Å². The number of aromatic nitrogens is 1. The van der Waals surface area contributed by atoms with Gasteiger partial charge in [-0.2, -0.15) is 0 Å². The van der Waals surface area contributed by atoms with Gasteiger partial charge in [-0.05, 0) is 50.3 Å². The second-order valence-electron chi connectivity index (χ2n) is 6.98. The summed E-state index contributed by atoms with van der Waals surface area (Å²) in [6.45, 7) is 2.99. The average Bonchev–Trinajstić information content (AvgIpc) is 3.04. The van der Waals surface area contributed by atoms with E-state index in [-0.39, 0.29) is 23.4 Å². The molecule has 2 aromatic rings. The molecule has 0 fully saturated rings. The van der Waals surface area contributed by atoms with Gasteiger partial charge in [-0.25, -0.2) is 4.79 Å². The van der Waals surface area contributed by atoms with E-state index in [2.05, 4.69) is 11.4 Å². The van der Waals surface area contributed by atoms with Crippen LogP contribution < -0.4 is 5.32 Å². The number of esters is 1. The number of carbonyl (C=O) groups is 3. The maximum atomic E-state index is 12.5. The molecular formula is C21H24N2O4. The van der Waals surface area contributed by atoms with Gasteiger partial charge in [0.1, 0.15) is 5.69 Å². The summed E-state index contributed by atoms with van der Waals surface area (Å²) in [4.78, 5) is 36.4. The third-order valence-electron chi connectivity index (χ3n) is 4.96. The first-order chi connectivity index (χ1) is 12.9. The van der Waals surface area contributed by atoms with Crippen molar-refractivity contribution >= 4 is 17.7 Å². The smallest absolute Gasteiger partial charge is 0.355 e. The Morgan fingerprint density at radius 3 is 2.70 bits per heavy atom. The Hall–Kier alpha value is -2.89. The van der Waals surface area contributed by atoms with Crippen LogP contribution in [0.5, 0.6) is 0 Å². The number of hydrogen-bond donors (Lipinski definition) is 1. The van der Waals surface area contributed by atoms with Crippen molar-refractivity contribution in [1.29, 1.82) is 0 Å². The first kappa shape index (κ1) is 18.9. The van der Waals surface area contributed by atoms with Crippen molar-refractivity contribution in [3.8, 4) is 0 Å². The highest BCUT2D eigenvalue weighted by Crippen LogP contribution is 2.29. The summed E-state index contributed by atoms with van der Waals surface area (Å²) < 4.78 is 6.85. The summed E-state index contributed by atoms with van der Waals surface area (Å²) in [5.74, 6) is -1.09. The number of benzene rings is 1. The zero-order valence-corrected chi connectivity index (χ0v) is 15.8. The Morgan fingerprint density at radius 2 is 2.00 bits per heavy atom. The van der Waals surface area contributed by atoms with Crippen molar-refractivity contribution in [1.82, 2.24) is 9.88 Å². The first-order valence-corrected chi connectivity index (χ1v) is 9.13. The molecule has 142 valence electrons. The highest BCUT2D eigenvalue weighted by Gasteiger charge is 2.26. The maximum absolute atomic E-state index is 12.5. The topological polar surface area (TPSA) is 77.4 Å². The minimum absolute atomic E-state index is 0.0667. The molecule has 6 heteroatoms. The molecule has 1 aromatic carbocycles. The number of Topliss-reactive ketones (excluding diaryl/α,β-unsaturated/α-hetero) is 1. The Balaban J connectivity index is 1.65. The molecule has 1 aliphatic rings. The summed E-state index contributed by atoms with van der Waals surface area (Å²) >= 11 is 0. The van der Waals surface area contributed by atoms with E-state index in [9.17, 15) is 14.4 Å². The van der Waals surface area contributed by atoms with Crippen LogP contribution in [0.4, 0.5) is 0 Å². The molecule has 1 amide bonds. The molecule has 0 saturated carbocycles. The van der Waals surface area contributed by atoms with Gasteiger partial charge in [-0.1, -0.05) is 24.3 Å². The van der Waals surface area contributed by atoms with Crippen molar-refractivity contribution in [2.24, 2.45) is 7.05 Å². The number of ether oxygens (including phenoxy) is 1. The van der Waals surface area contributed by atoms with E-state index in [1.54, 1.807) is 20.2 Å². The minimum Gasteiger partial charge on any atom is -0.448 e. The van der Waals surface area contributed by atoms with Gasteiger partial charge in [0.05, 0.1) is 6.04 Å². The lowest BCUT2D eigenvalue weighted by Crippen LogP contribution is -2.39. The van der Waals surface area contributed by atoms with Gasteiger partial charge in [0.25, 0.3) is 5.91 Å². The van der Waals surface area contributed by atoms with E-state index in [4.69, 9.17) is 4.74 Å². The summed E-state index contributed by atoms with van der Waals surface area (Å²) in [5.41, 5.74) is 3.05. The van der Waals surface area contributed by atoms with Crippen LogP contribution in [0.15, 0.2) is 36.5 Å². The van der Waals surface area contributed by atoms with Crippen LogP contribution >= 0.6 is 0 Å². The summed E-state index contributed by atoms with van der Waals surface area (Å²) in [7, 11) is 1.66. The monoisotopic (exact) mass is 368 g/mol. The SMILES string of the molecule is CC(=O)c1cc(C(=O)O[C@H](C)C(=O)N[C@H]2CCCc3ccccc32)n(C)c1. The van der Waals surface area contributed by atoms with Crippen LogP contribution in [0.3, 0.4) is 0 Å².